The van der Waals surface area contributed by atoms with Crippen molar-refractivity contribution >= 4 is 5.91 Å². The van der Waals surface area contributed by atoms with Gasteiger partial charge in [-0.1, -0.05) is 24.3 Å². The number of fused-ring (bicyclic) bond motifs is 1. The molecule has 2 atom stereocenters. The second-order valence-corrected chi connectivity index (χ2v) is 6.28. The Morgan fingerprint density at radius 2 is 2.16 bits per heavy atom. The molecule has 0 bridgehead atoms. The van der Waals surface area contributed by atoms with Crippen LogP contribution in [0.2, 0.25) is 0 Å². The summed E-state index contributed by atoms with van der Waals surface area (Å²) < 4.78 is 10.7. The quantitative estimate of drug-likeness (QED) is 0.793. The number of hydrogen-bond donors (Lipinski definition) is 2. The summed E-state index contributed by atoms with van der Waals surface area (Å²) in [4.78, 5) is 14.3. The van der Waals surface area contributed by atoms with Crippen LogP contribution in [0.3, 0.4) is 0 Å². The third-order valence-electron chi connectivity index (χ3n) is 4.47. The average Bonchev–Trinajstić information content (AvgIpc) is 3.14. The Bertz CT molecular complexity index is 686. The molecule has 6 heteroatoms. The highest BCUT2D eigenvalue weighted by Crippen LogP contribution is 2.23. The lowest BCUT2D eigenvalue weighted by Gasteiger charge is -2.36. The van der Waals surface area contributed by atoms with Gasteiger partial charge in [-0.2, -0.15) is 0 Å². The van der Waals surface area contributed by atoms with E-state index >= 15 is 0 Å². The van der Waals surface area contributed by atoms with Crippen molar-refractivity contribution in [2.45, 2.75) is 31.7 Å². The minimum atomic E-state index is -0.674. The highest BCUT2D eigenvalue weighted by atomic mass is 16.5. The molecule has 0 unspecified atom stereocenters. The van der Waals surface area contributed by atoms with Crippen LogP contribution in [0.1, 0.15) is 16.9 Å². The number of furan rings is 1. The Balaban J connectivity index is 1.59. The number of hydrogen-bond acceptors (Lipinski definition) is 5. The van der Waals surface area contributed by atoms with Gasteiger partial charge in [-0.25, -0.2) is 0 Å². The fraction of sp³-hybridized carbons (Fsp3) is 0.421. The minimum absolute atomic E-state index is 0.0294. The van der Waals surface area contributed by atoms with E-state index in [1.807, 2.05) is 23.1 Å². The molecule has 1 aromatic carbocycles. The number of carbonyl (C=O) groups excluding carboxylic acids is 1. The third kappa shape index (κ3) is 4.48. The van der Waals surface area contributed by atoms with Gasteiger partial charge in [-0.15, -0.1) is 0 Å². The zero-order chi connectivity index (χ0) is 17.6. The Morgan fingerprint density at radius 3 is 2.88 bits per heavy atom. The Morgan fingerprint density at radius 1 is 1.36 bits per heavy atom. The molecule has 0 fully saturated rings. The van der Waals surface area contributed by atoms with Gasteiger partial charge in [0.2, 0.25) is 5.91 Å². The maximum atomic E-state index is 12.3. The van der Waals surface area contributed by atoms with Gasteiger partial charge in [-0.05, 0) is 29.7 Å². The van der Waals surface area contributed by atoms with E-state index in [4.69, 9.17) is 9.15 Å². The molecule has 0 saturated heterocycles. The molecule has 6 nitrogen and oxygen atoms in total. The van der Waals surface area contributed by atoms with Gasteiger partial charge < -0.3 is 19.6 Å². The van der Waals surface area contributed by atoms with Crippen LogP contribution in [-0.4, -0.2) is 48.3 Å². The van der Waals surface area contributed by atoms with Gasteiger partial charge in [0.05, 0.1) is 25.0 Å². The van der Waals surface area contributed by atoms with E-state index in [1.54, 1.807) is 19.4 Å². The van der Waals surface area contributed by atoms with Crippen molar-refractivity contribution in [2.24, 2.45) is 0 Å². The molecule has 0 aliphatic carbocycles. The summed E-state index contributed by atoms with van der Waals surface area (Å²) in [7, 11) is 1.64. The summed E-state index contributed by atoms with van der Waals surface area (Å²) in [6.07, 6.45) is 1.57. The number of likely N-dealkylation sites (N-methyl/N-ethyl adjacent to an activating group) is 1. The zero-order valence-electron chi connectivity index (χ0n) is 14.4. The van der Waals surface area contributed by atoms with Crippen molar-refractivity contribution < 1.29 is 19.1 Å². The van der Waals surface area contributed by atoms with Crippen molar-refractivity contribution in [3.05, 3.63) is 59.5 Å². The molecule has 3 rings (SSSR count). The fourth-order valence-corrected chi connectivity index (χ4v) is 3.21. The standard InChI is InChI=1S/C19H24N2O4/c1-20-19(23)18-9-14-5-2-3-6-15(14)10-21(18)11-16(22)12-24-13-17-7-4-8-25-17/h2-8,16,18,22H,9-13H2,1H3,(H,20,23)/t16-,18-/m0/s1. The van der Waals surface area contributed by atoms with Crippen LogP contribution in [0.15, 0.2) is 47.1 Å². The lowest BCUT2D eigenvalue weighted by atomic mass is 9.93. The molecule has 1 amide bonds. The third-order valence-corrected chi connectivity index (χ3v) is 4.47. The first-order valence-electron chi connectivity index (χ1n) is 8.48. The molecule has 1 aliphatic heterocycles. The van der Waals surface area contributed by atoms with Crippen LogP contribution < -0.4 is 5.32 Å². The van der Waals surface area contributed by atoms with Crippen molar-refractivity contribution in [2.75, 3.05) is 20.2 Å². The molecular formula is C19H24N2O4. The number of aliphatic hydroxyl groups is 1. The number of aliphatic hydroxyl groups excluding tert-OH is 1. The first-order valence-corrected chi connectivity index (χ1v) is 8.48. The number of nitrogens with zero attached hydrogens (tertiary/aromatic N) is 1. The summed E-state index contributed by atoms with van der Waals surface area (Å²) in [5.74, 6) is 0.695. The van der Waals surface area contributed by atoms with Gasteiger partial charge in [0.25, 0.3) is 0 Å². The number of β-amino-alcohol motifs (C(OH)–C–C–N with tert-alkyl or cyclic N) is 1. The van der Waals surface area contributed by atoms with E-state index in [2.05, 4.69) is 17.4 Å². The van der Waals surface area contributed by atoms with E-state index in [1.165, 1.54) is 11.1 Å². The second-order valence-electron chi connectivity index (χ2n) is 6.28. The normalized spacial score (nSPS) is 18.6. The monoisotopic (exact) mass is 344 g/mol. The van der Waals surface area contributed by atoms with Crippen LogP contribution >= 0.6 is 0 Å². The van der Waals surface area contributed by atoms with Crippen molar-refractivity contribution in [1.82, 2.24) is 10.2 Å². The number of ether oxygens (including phenoxy) is 1. The van der Waals surface area contributed by atoms with Gasteiger partial charge in [0, 0.05) is 20.1 Å². The SMILES string of the molecule is CNC(=O)[C@@H]1Cc2ccccc2CN1C[C@H](O)COCc1ccco1. The topological polar surface area (TPSA) is 74.9 Å². The molecule has 1 aromatic heterocycles. The molecular weight excluding hydrogens is 320 g/mol. The Hall–Kier alpha value is -2.15. The van der Waals surface area contributed by atoms with Crippen molar-refractivity contribution in [3.63, 3.8) is 0 Å². The second kappa shape index (κ2) is 8.29. The molecule has 0 radical (unpaired) electrons. The Labute approximate surface area is 147 Å². The maximum absolute atomic E-state index is 12.3. The molecule has 134 valence electrons. The smallest absolute Gasteiger partial charge is 0.237 e. The molecule has 0 spiro atoms. The van der Waals surface area contributed by atoms with Gasteiger partial charge in [0.1, 0.15) is 12.4 Å². The fourth-order valence-electron chi connectivity index (χ4n) is 3.21. The summed E-state index contributed by atoms with van der Waals surface area (Å²) in [5, 5.41) is 13.0. The van der Waals surface area contributed by atoms with Crippen LogP contribution in [-0.2, 0) is 29.1 Å². The van der Waals surface area contributed by atoms with E-state index < -0.39 is 6.10 Å². The highest BCUT2D eigenvalue weighted by molar-refractivity contribution is 5.82. The van der Waals surface area contributed by atoms with Gasteiger partial charge in [0.15, 0.2) is 0 Å². The first kappa shape index (κ1) is 17.7. The summed E-state index contributed by atoms with van der Waals surface area (Å²) in [6.45, 7) is 1.54. The van der Waals surface area contributed by atoms with Crippen LogP contribution in [0.25, 0.3) is 0 Å². The predicted octanol–water partition coefficient (Wildman–Crippen LogP) is 1.33. The first-order chi connectivity index (χ1) is 12.2. The van der Waals surface area contributed by atoms with Gasteiger partial charge in [-0.3, -0.25) is 9.69 Å². The van der Waals surface area contributed by atoms with Crippen LogP contribution in [0, 0.1) is 0 Å². The predicted molar refractivity (Wildman–Crippen MR) is 92.8 cm³/mol. The van der Waals surface area contributed by atoms with E-state index in [0.29, 0.717) is 26.1 Å². The van der Waals surface area contributed by atoms with Crippen molar-refractivity contribution in [1.29, 1.82) is 0 Å². The lowest BCUT2D eigenvalue weighted by Crippen LogP contribution is -2.52. The molecule has 0 saturated carbocycles. The summed E-state index contributed by atoms with van der Waals surface area (Å²) in [5.41, 5.74) is 2.39. The summed E-state index contributed by atoms with van der Waals surface area (Å²) in [6, 6.07) is 11.5. The molecule has 2 aromatic rings. The Kier molecular flexibility index (Phi) is 5.86. The number of carbonyl (C=O) groups is 1. The maximum Gasteiger partial charge on any atom is 0.237 e. The van der Waals surface area contributed by atoms with Crippen LogP contribution in [0.4, 0.5) is 0 Å². The number of nitrogens with one attached hydrogen (secondary N) is 1. The largest absolute Gasteiger partial charge is 0.467 e. The highest BCUT2D eigenvalue weighted by Gasteiger charge is 2.31. The van der Waals surface area contributed by atoms with Crippen molar-refractivity contribution in [3.8, 4) is 0 Å². The van der Waals surface area contributed by atoms with E-state index in [-0.39, 0.29) is 18.6 Å². The van der Waals surface area contributed by atoms with Gasteiger partial charge >= 0.3 is 0 Å². The van der Waals surface area contributed by atoms with Crippen LogP contribution in [0.5, 0.6) is 0 Å². The number of rotatable bonds is 7. The number of amides is 1. The molecule has 1 aliphatic rings. The molecule has 2 heterocycles. The lowest BCUT2D eigenvalue weighted by molar-refractivity contribution is -0.127. The van der Waals surface area contributed by atoms with E-state index in [9.17, 15) is 9.90 Å². The minimum Gasteiger partial charge on any atom is -0.467 e. The average molecular weight is 344 g/mol. The molecule has 2 N–H and O–H groups in total. The molecule has 25 heavy (non-hydrogen) atoms. The summed E-state index contributed by atoms with van der Waals surface area (Å²) >= 11 is 0. The van der Waals surface area contributed by atoms with E-state index in [0.717, 1.165) is 5.76 Å². The zero-order valence-corrected chi connectivity index (χ0v) is 14.4. The number of benzene rings is 1.